The van der Waals surface area contributed by atoms with Crippen LogP contribution in [0.2, 0.25) is 0 Å². The molecule has 1 aliphatic rings. The number of ether oxygens (including phenoxy) is 1. The van der Waals surface area contributed by atoms with E-state index in [0.29, 0.717) is 19.7 Å². The highest BCUT2D eigenvalue weighted by molar-refractivity contribution is 5.93. The fourth-order valence-corrected chi connectivity index (χ4v) is 2.91. The number of nitrogens with zero attached hydrogens (tertiary/aromatic N) is 1. The zero-order valence-electron chi connectivity index (χ0n) is 14.2. The summed E-state index contributed by atoms with van der Waals surface area (Å²) < 4.78 is 5.09. The molecule has 1 aromatic carbocycles. The molecule has 23 heavy (non-hydrogen) atoms. The number of aryl methyl sites for hydroxylation is 2. The molecule has 126 valence electrons. The minimum Gasteiger partial charge on any atom is -0.466 e. The van der Waals surface area contributed by atoms with Gasteiger partial charge in [-0.2, -0.15) is 0 Å². The number of hydrogen-bond acceptors (Lipinski definition) is 4. The van der Waals surface area contributed by atoms with E-state index in [0.717, 1.165) is 36.2 Å². The first kappa shape index (κ1) is 17.5. The third-order valence-corrected chi connectivity index (χ3v) is 4.16. The number of hydrogen-bond donors (Lipinski definition) is 1. The van der Waals surface area contributed by atoms with Crippen LogP contribution in [0, 0.1) is 19.8 Å². The van der Waals surface area contributed by atoms with E-state index < -0.39 is 0 Å². The van der Waals surface area contributed by atoms with E-state index >= 15 is 0 Å². The molecule has 0 saturated carbocycles. The van der Waals surface area contributed by atoms with Gasteiger partial charge in [-0.05, 0) is 57.4 Å². The average Bonchev–Trinajstić information content (AvgIpc) is 2.51. The molecule has 1 N–H and O–H groups in total. The van der Waals surface area contributed by atoms with Crippen molar-refractivity contribution in [2.24, 2.45) is 5.92 Å². The Morgan fingerprint density at radius 2 is 2.13 bits per heavy atom. The lowest BCUT2D eigenvalue weighted by molar-refractivity contribution is -0.150. The number of benzene rings is 1. The van der Waals surface area contributed by atoms with Crippen molar-refractivity contribution >= 4 is 17.6 Å². The van der Waals surface area contributed by atoms with E-state index in [1.54, 1.807) is 0 Å². The molecule has 1 heterocycles. The minimum atomic E-state index is -0.146. The highest BCUT2D eigenvalue weighted by atomic mass is 16.5. The molecule has 1 saturated heterocycles. The fraction of sp³-hybridized carbons (Fsp3) is 0.556. The molecule has 2 rings (SSSR count). The van der Waals surface area contributed by atoms with E-state index in [1.165, 1.54) is 0 Å². The Bertz CT molecular complexity index is 571. The maximum absolute atomic E-state index is 12.3. The van der Waals surface area contributed by atoms with E-state index in [9.17, 15) is 9.59 Å². The van der Waals surface area contributed by atoms with Gasteiger partial charge in [0.2, 0.25) is 5.91 Å². The van der Waals surface area contributed by atoms with Gasteiger partial charge in [-0.25, -0.2) is 0 Å². The van der Waals surface area contributed by atoms with Crippen LogP contribution in [-0.4, -0.2) is 43.0 Å². The smallest absolute Gasteiger partial charge is 0.310 e. The molecule has 1 atom stereocenters. The summed E-state index contributed by atoms with van der Waals surface area (Å²) in [5.74, 6) is -0.299. The molecule has 1 aliphatic heterocycles. The molecule has 1 amide bonds. The Morgan fingerprint density at radius 3 is 2.87 bits per heavy atom. The molecule has 0 unspecified atom stereocenters. The quantitative estimate of drug-likeness (QED) is 0.848. The maximum atomic E-state index is 12.3. The first-order valence-corrected chi connectivity index (χ1v) is 8.25. The van der Waals surface area contributed by atoms with Crippen molar-refractivity contribution in [3.05, 3.63) is 29.3 Å². The van der Waals surface area contributed by atoms with Crippen molar-refractivity contribution in [3.8, 4) is 0 Å². The molecule has 0 aromatic heterocycles. The Hall–Kier alpha value is -1.88. The second-order valence-corrected chi connectivity index (χ2v) is 6.19. The first-order valence-electron chi connectivity index (χ1n) is 8.25. The number of esters is 1. The number of carbonyl (C=O) groups is 2. The molecule has 5 nitrogen and oxygen atoms in total. The zero-order valence-corrected chi connectivity index (χ0v) is 14.2. The number of piperidine rings is 1. The second-order valence-electron chi connectivity index (χ2n) is 6.19. The van der Waals surface area contributed by atoms with Gasteiger partial charge in [0.15, 0.2) is 0 Å². The molecule has 0 radical (unpaired) electrons. The van der Waals surface area contributed by atoms with Crippen LogP contribution in [0.15, 0.2) is 18.2 Å². The maximum Gasteiger partial charge on any atom is 0.310 e. The molecule has 0 aliphatic carbocycles. The Balaban J connectivity index is 1.89. The molecular weight excluding hydrogens is 292 g/mol. The summed E-state index contributed by atoms with van der Waals surface area (Å²) in [6.07, 6.45) is 1.76. The van der Waals surface area contributed by atoms with Crippen molar-refractivity contribution < 1.29 is 14.3 Å². The molecular formula is C18H26N2O3. The van der Waals surface area contributed by atoms with Gasteiger partial charge in [-0.1, -0.05) is 12.1 Å². The van der Waals surface area contributed by atoms with Gasteiger partial charge in [0.05, 0.1) is 19.1 Å². The average molecular weight is 318 g/mol. The normalized spacial score (nSPS) is 18.5. The van der Waals surface area contributed by atoms with E-state index in [4.69, 9.17) is 4.74 Å². The summed E-state index contributed by atoms with van der Waals surface area (Å²) in [5.41, 5.74) is 3.02. The van der Waals surface area contributed by atoms with Crippen LogP contribution < -0.4 is 5.32 Å². The summed E-state index contributed by atoms with van der Waals surface area (Å²) in [5, 5.41) is 2.97. The first-order chi connectivity index (χ1) is 11.0. The van der Waals surface area contributed by atoms with Crippen LogP contribution >= 0.6 is 0 Å². The number of nitrogens with one attached hydrogen (secondary N) is 1. The van der Waals surface area contributed by atoms with Crippen LogP contribution in [-0.2, 0) is 14.3 Å². The highest BCUT2D eigenvalue weighted by Crippen LogP contribution is 2.19. The SMILES string of the molecule is CCOC(=O)[C@H]1CCCN(CC(=O)Nc2cc(C)ccc2C)C1. The van der Waals surface area contributed by atoms with Crippen molar-refractivity contribution in [2.75, 3.05) is 31.6 Å². The lowest BCUT2D eigenvalue weighted by Crippen LogP contribution is -2.43. The molecule has 5 heteroatoms. The van der Waals surface area contributed by atoms with Gasteiger partial charge < -0.3 is 10.1 Å². The van der Waals surface area contributed by atoms with Gasteiger partial charge in [0.25, 0.3) is 0 Å². The summed E-state index contributed by atoms with van der Waals surface area (Å²) in [6.45, 7) is 7.95. The zero-order chi connectivity index (χ0) is 16.8. The largest absolute Gasteiger partial charge is 0.466 e. The van der Waals surface area contributed by atoms with Crippen molar-refractivity contribution in [1.29, 1.82) is 0 Å². The van der Waals surface area contributed by atoms with E-state index in [1.807, 2.05) is 43.9 Å². The number of amides is 1. The lowest BCUT2D eigenvalue weighted by atomic mass is 9.98. The minimum absolute atomic E-state index is 0.0387. The lowest BCUT2D eigenvalue weighted by Gasteiger charge is -2.30. The Labute approximate surface area is 138 Å². The van der Waals surface area contributed by atoms with Gasteiger partial charge in [-0.15, -0.1) is 0 Å². The van der Waals surface area contributed by atoms with E-state index in [2.05, 4.69) is 5.32 Å². The van der Waals surface area contributed by atoms with Crippen LogP contribution in [0.5, 0.6) is 0 Å². The fourth-order valence-electron chi connectivity index (χ4n) is 2.91. The molecule has 1 aromatic rings. The Morgan fingerprint density at radius 1 is 1.35 bits per heavy atom. The van der Waals surface area contributed by atoms with Crippen LogP contribution in [0.25, 0.3) is 0 Å². The number of likely N-dealkylation sites (tertiary alicyclic amines) is 1. The van der Waals surface area contributed by atoms with Crippen LogP contribution in [0.4, 0.5) is 5.69 Å². The van der Waals surface area contributed by atoms with Crippen molar-refractivity contribution in [3.63, 3.8) is 0 Å². The molecule has 0 spiro atoms. The topological polar surface area (TPSA) is 58.6 Å². The predicted molar refractivity (Wildman–Crippen MR) is 90.3 cm³/mol. The molecule has 1 fully saturated rings. The van der Waals surface area contributed by atoms with Crippen LogP contribution in [0.1, 0.15) is 30.9 Å². The van der Waals surface area contributed by atoms with Crippen molar-refractivity contribution in [1.82, 2.24) is 4.90 Å². The van der Waals surface area contributed by atoms with Crippen LogP contribution in [0.3, 0.4) is 0 Å². The summed E-state index contributed by atoms with van der Waals surface area (Å²) >= 11 is 0. The van der Waals surface area contributed by atoms with Gasteiger partial charge in [0.1, 0.15) is 0 Å². The third-order valence-electron chi connectivity index (χ3n) is 4.16. The van der Waals surface area contributed by atoms with Crippen molar-refractivity contribution in [2.45, 2.75) is 33.6 Å². The van der Waals surface area contributed by atoms with E-state index in [-0.39, 0.29) is 17.8 Å². The Kier molecular flexibility index (Phi) is 6.16. The van der Waals surface area contributed by atoms with Gasteiger partial charge in [-0.3, -0.25) is 14.5 Å². The number of carbonyl (C=O) groups excluding carboxylic acids is 2. The number of rotatable bonds is 5. The second kappa shape index (κ2) is 8.11. The monoisotopic (exact) mass is 318 g/mol. The number of anilines is 1. The van der Waals surface area contributed by atoms with Gasteiger partial charge >= 0.3 is 5.97 Å². The third kappa shape index (κ3) is 5.06. The van der Waals surface area contributed by atoms with Gasteiger partial charge in [0, 0.05) is 12.2 Å². The predicted octanol–water partition coefficient (Wildman–Crippen LogP) is 2.52. The summed E-state index contributed by atoms with van der Waals surface area (Å²) in [4.78, 5) is 26.2. The standard InChI is InChI=1S/C18H26N2O3/c1-4-23-18(22)15-6-5-9-20(11-15)12-17(21)19-16-10-13(2)7-8-14(16)3/h7-8,10,15H,4-6,9,11-12H2,1-3H3,(H,19,21)/t15-/m0/s1. The molecule has 0 bridgehead atoms. The highest BCUT2D eigenvalue weighted by Gasteiger charge is 2.27. The summed E-state index contributed by atoms with van der Waals surface area (Å²) in [7, 11) is 0. The summed E-state index contributed by atoms with van der Waals surface area (Å²) in [6, 6.07) is 6.01.